The first kappa shape index (κ1) is 19.4. The van der Waals surface area contributed by atoms with Gasteiger partial charge in [0.2, 0.25) is 0 Å². The number of hydrogen-bond donors (Lipinski definition) is 2. The van der Waals surface area contributed by atoms with Crippen LogP contribution in [-0.4, -0.2) is 44.9 Å². The molecule has 0 unspecified atom stereocenters. The Labute approximate surface area is 164 Å². The number of halogens is 2. The SMILES string of the molecule is O=C(O)C1CCN(C(=O)c2cnc(Cc3c(Cl)cccc3Cl)[nH]c2=O)CC1. The summed E-state index contributed by atoms with van der Waals surface area (Å²) >= 11 is 12.3. The number of nitrogens with one attached hydrogen (secondary N) is 1. The quantitative estimate of drug-likeness (QED) is 0.807. The Hall–Kier alpha value is -2.38. The van der Waals surface area contributed by atoms with Crippen LogP contribution in [0.2, 0.25) is 10.0 Å². The van der Waals surface area contributed by atoms with Crippen LogP contribution in [0.3, 0.4) is 0 Å². The maximum absolute atomic E-state index is 12.6. The lowest BCUT2D eigenvalue weighted by molar-refractivity contribution is -0.143. The third-order valence-electron chi connectivity index (χ3n) is 4.62. The van der Waals surface area contributed by atoms with Crippen LogP contribution in [0.1, 0.15) is 34.6 Å². The highest BCUT2D eigenvalue weighted by Crippen LogP contribution is 2.25. The Kier molecular flexibility index (Phi) is 5.82. The van der Waals surface area contributed by atoms with Crippen molar-refractivity contribution in [3.8, 4) is 0 Å². The molecule has 1 aromatic heterocycles. The fourth-order valence-corrected chi connectivity index (χ4v) is 3.57. The molecule has 0 bridgehead atoms. The zero-order valence-electron chi connectivity index (χ0n) is 14.2. The monoisotopic (exact) mass is 409 g/mol. The average Bonchev–Trinajstić information content (AvgIpc) is 2.64. The molecule has 0 saturated carbocycles. The summed E-state index contributed by atoms with van der Waals surface area (Å²) < 4.78 is 0. The van der Waals surface area contributed by atoms with Gasteiger partial charge in [-0.3, -0.25) is 14.4 Å². The van der Waals surface area contributed by atoms with Crippen molar-refractivity contribution in [1.82, 2.24) is 14.9 Å². The van der Waals surface area contributed by atoms with E-state index in [1.165, 1.54) is 11.1 Å². The second-order valence-electron chi connectivity index (χ2n) is 6.35. The number of hydrogen-bond acceptors (Lipinski definition) is 4. The van der Waals surface area contributed by atoms with E-state index in [4.69, 9.17) is 28.3 Å². The van der Waals surface area contributed by atoms with Gasteiger partial charge in [-0.1, -0.05) is 29.3 Å². The van der Waals surface area contributed by atoms with Gasteiger partial charge in [0.1, 0.15) is 11.4 Å². The fraction of sp³-hybridized carbons (Fsp3) is 0.333. The van der Waals surface area contributed by atoms with Gasteiger partial charge in [-0.15, -0.1) is 0 Å². The molecule has 2 N–H and O–H groups in total. The van der Waals surface area contributed by atoms with Gasteiger partial charge in [0.25, 0.3) is 11.5 Å². The molecule has 1 fully saturated rings. The van der Waals surface area contributed by atoms with E-state index in [1.54, 1.807) is 18.2 Å². The number of aromatic nitrogens is 2. The van der Waals surface area contributed by atoms with E-state index in [2.05, 4.69) is 9.97 Å². The van der Waals surface area contributed by atoms with Gasteiger partial charge in [-0.2, -0.15) is 0 Å². The largest absolute Gasteiger partial charge is 0.481 e. The van der Waals surface area contributed by atoms with Gasteiger partial charge >= 0.3 is 5.97 Å². The minimum atomic E-state index is -0.857. The molecule has 142 valence electrons. The van der Waals surface area contributed by atoms with Crippen LogP contribution in [0, 0.1) is 5.92 Å². The summed E-state index contributed by atoms with van der Waals surface area (Å²) in [6, 6.07) is 5.11. The number of carboxylic acids is 1. The maximum Gasteiger partial charge on any atom is 0.306 e. The van der Waals surface area contributed by atoms with Crippen LogP contribution in [-0.2, 0) is 11.2 Å². The molecule has 0 aliphatic carbocycles. The molecule has 1 aromatic carbocycles. The van der Waals surface area contributed by atoms with Crippen molar-refractivity contribution in [2.45, 2.75) is 19.3 Å². The van der Waals surface area contributed by atoms with Gasteiger partial charge in [0.05, 0.1) is 5.92 Å². The molecule has 2 heterocycles. The highest BCUT2D eigenvalue weighted by molar-refractivity contribution is 6.36. The number of H-pyrrole nitrogens is 1. The number of piperidine rings is 1. The summed E-state index contributed by atoms with van der Waals surface area (Å²) in [5, 5.41) is 9.96. The Morgan fingerprint density at radius 3 is 2.41 bits per heavy atom. The molecule has 1 aliphatic heterocycles. The van der Waals surface area contributed by atoms with E-state index in [1.807, 2.05) is 0 Å². The van der Waals surface area contributed by atoms with E-state index in [0.717, 1.165) is 0 Å². The molecule has 0 spiro atoms. The number of nitrogens with zero attached hydrogens (tertiary/aromatic N) is 2. The Morgan fingerprint density at radius 2 is 1.85 bits per heavy atom. The van der Waals surface area contributed by atoms with Crippen molar-refractivity contribution in [3.63, 3.8) is 0 Å². The van der Waals surface area contributed by atoms with E-state index < -0.39 is 23.4 Å². The summed E-state index contributed by atoms with van der Waals surface area (Å²) in [6.45, 7) is 0.596. The Balaban J connectivity index is 1.74. The number of benzene rings is 1. The lowest BCUT2D eigenvalue weighted by atomic mass is 9.97. The van der Waals surface area contributed by atoms with Crippen molar-refractivity contribution in [2.24, 2.45) is 5.92 Å². The summed E-state index contributed by atoms with van der Waals surface area (Å²) in [4.78, 5) is 44.2. The van der Waals surface area contributed by atoms with Gasteiger partial charge in [0.15, 0.2) is 0 Å². The van der Waals surface area contributed by atoms with Crippen LogP contribution >= 0.6 is 23.2 Å². The topological polar surface area (TPSA) is 103 Å². The first-order chi connectivity index (χ1) is 12.9. The highest BCUT2D eigenvalue weighted by atomic mass is 35.5. The normalized spacial score (nSPS) is 15.0. The molecular formula is C18H17Cl2N3O4. The van der Waals surface area contributed by atoms with Crippen molar-refractivity contribution in [1.29, 1.82) is 0 Å². The minimum Gasteiger partial charge on any atom is -0.481 e. The summed E-state index contributed by atoms with van der Waals surface area (Å²) in [6.07, 6.45) is 2.21. The van der Waals surface area contributed by atoms with Gasteiger partial charge < -0.3 is 15.0 Å². The molecular weight excluding hydrogens is 393 g/mol. The third kappa shape index (κ3) is 4.31. The number of aliphatic carboxylic acids is 1. The molecule has 3 rings (SSSR count). The number of amides is 1. The number of carbonyl (C=O) groups excluding carboxylic acids is 1. The number of carbonyl (C=O) groups is 2. The third-order valence-corrected chi connectivity index (χ3v) is 5.33. The maximum atomic E-state index is 12.6. The second-order valence-corrected chi connectivity index (χ2v) is 7.17. The van der Waals surface area contributed by atoms with Crippen LogP contribution in [0.5, 0.6) is 0 Å². The molecule has 1 saturated heterocycles. The molecule has 0 radical (unpaired) electrons. The van der Waals surface area contributed by atoms with Crippen LogP contribution < -0.4 is 5.56 Å². The van der Waals surface area contributed by atoms with Crippen LogP contribution in [0.4, 0.5) is 0 Å². The van der Waals surface area contributed by atoms with Crippen LogP contribution in [0.25, 0.3) is 0 Å². The molecule has 1 amide bonds. The standard InChI is InChI=1S/C18H17Cl2N3O4/c19-13-2-1-3-14(20)11(13)8-15-21-9-12(16(24)22-15)17(25)23-6-4-10(5-7-23)18(26)27/h1-3,9-10H,4-8H2,(H,26,27)(H,21,22,24). The summed E-state index contributed by atoms with van der Waals surface area (Å²) in [7, 11) is 0. The molecule has 0 atom stereocenters. The number of rotatable bonds is 4. The van der Waals surface area contributed by atoms with E-state index >= 15 is 0 Å². The molecule has 7 nitrogen and oxygen atoms in total. The van der Waals surface area contributed by atoms with Gasteiger partial charge in [0, 0.05) is 35.8 Å². The van der Waals surface area contributed by atoms with Crippen molar-refractivity contribution < 1.29 is 14.7 Å². The highest BCUT2D eigenvalue weighted by Gasteiger charge is 2.28. The van der Waals surface area contributed by atoms with Crippen molar-refractivity contribution in [2.75, 3.05) is 13.1 Å². The predicted molar refractivity (Wildman–Crippen MR) is 100 cm³/mol. The second kappa shape index (κ2) is 8.10. The Morgan fingerprint density at radius 1 is 1.22 bits per heavy atom. The Bertz CT molecular complexity index is 916. The number of likely N-dealkylation sites (tertiary alicyclic amines) is 1. The number of aromatic amines is 1. The molecule has 2 aromatic rings. The van der Waals surface area contributed by atoms with Crippen molar-refractivity contribution >= 4 is 35.1 Å². The zero-order chi connectivity index (χ0) is 19.6. The number of carboxylic acid groups (broad SMARTS) is 1. The first-order valence-electron chi connectivity index (χ1n) is 8.40. The smallest absolute Gasteiger partial charge is 0.306 e. The average molecular weight is 410 g/mol. The van der Waals surface area contributed by atoms with Gasteiger partial charge in [-0.05, 0) is 30.5 Å². The molecule has 27 heavy (non-hydrogen) atoms. The summed E-state index contributed by atoms with van der Waals surface area (Å²) in [5.41, 5.74) is 0.0186. The van der Waals surface area contributed by atoms with Gasteiger partial charge in [-0.25, -0.2) is 4.98 Å². The lowest BCUT2D eigenvalue weighted by Crippen LogP contribution is -2.42. The fourth-order valence-electron chi connectivity index (χ4n) is 3.04. The van der Waals surface area contributed by atoms with E-state index in [0.29, 0.717) is 47.4 Å². The zero-order valence-corrected chi connectivity index (χ0v) is 15.8. The lowest BCUT2D eigenvalue weighted by Gasteiger charge is -2.29. The summed E-state index contributed by atoms with van der Waals surface area (Å²) in [5.74, 6) is -1.41. The minimum absolute atomic E-state index is 0.0715. The van der Waals surface area contributed by atoms with Crippen LogP contribution in [0.15, 0.2) is 29.2 Å². The first-order valence-corrected chi connectivity index (χ1v) is 9.15. The molecule has 9 heteroatoms. The van der Waals surface area contributed by atoms with E-state index in [9.17, 15) is 14.4 Å². The predicted octanol–water partition coefficient (Wildman–Crippen LogP) is 2.60. The molecule has 1 aliphatic rings. The van der Waals surface area contributed by atoms with E-state index in [-0.39, 0.29) is 12.0 Å². The van der Waals surface area contributed by atoms with Crippen molar-refractivity contribution in [3.05, 3.63) is 61.7 Å².